The van der Waals surface area contributed by atoms with E-state index in [0.29, 0.717) is 12.2 Å². The minimum Gasteiger partial charge on any atom is -0.506 e. The molecular formula is C15H14N2O3. The second-order valence-electron chi connectivity index (χ2n) is 4.74. The molecule has 0 bridgehead atoms. The summed E-state index contributed by atoms with van der Waals surface area (Å²) in [5.41, 5.74) is 1.68. The zero-order valence-corrected chi connectivity index (χ0v) is 10.8. The number of phenols is 1. The topological polar surface area (TPSA) is 73.7 Å². The molecule has 0 unspecified atom stereocenters. The van der Waals surface area contributed by atoms with Gasteiger partial charge in [-0.1, -0.05) is 12.1 Å². The first-order valence-corrected chi connectivity index (χ1v) is 6.44. The summed E-state index contributed by atoms with van der Waals surface area (Å²) >= 11 is 0. The summed E-state index contributed by atoms with van der Waals surface area (Å²) in [6.45, 7) is 0.519. The van der Waals surface area contributed by atoms with E-state index in [0.717, 1.165) is 18.4 Å². The van der Waals surface area contributed by atoms with Crippen molar-refractivity contribution in [3.63, 3.8) is 0 Å². The third-order valence-corrected chi connectivity index (χ3v) is 3.47. The van der Waals surface area contributed by atoms with Crippen molar-refractivity contribution in [1.29, 1.82) is 0 Å². The maximum atomic E-state index is 12.6. The summed E-state index contributed by atoms with van der Waals surface area (Å²) in [4.78, 5) is 17.8. The molecule has 1 aromatic heterocycles. The van der Waals surface area contributed by atoms with Crippen molar-refractivity contribution in [3.05, 3.63) is 47.8 Å². The number of aromatic nitrogens is 1. The predicted molar refractivity (Wildman–Crippen MR) is 74.0 cm³/mol. The van der Waals surface area contributed by atoms with E-state index < -0.39 is 0 Å². The smallest absolute Gasteiger partial charge is 0.262 e. The molecule has 2 N–H and O–H groups in total. The standard InChI is InChI=1S/C15H14N2O3/c18-12-5-1-3-10-4-2-8-17(14(10)12)15(20)11-6-7-16-9-13(11)19/h1,3,5-7,9,18-19H,2,4,8H2. The Labute approximate surface area is 116 Å². The third kappa shape index (κ3) is 1.97. The number of amides is 1. The van der Waals surface area contributed by atoms with Crippen molar-refractivity contribution in [2.45, 2.75) is 12.8 Å². The molecule has 5 nitrogen and oxygen atoms in total. The van der Waals surface area contributed by atoms with E-state index in [9.17, 15) is 15.0 Å². The maximum absolute atomic E-state index is 12.6. The van der Waals surface area contributed by atoms with Crippen LogP contribution >= 0.6 is 0 Å². The van der Waals surface area contributed by atoms with Crippen LogP contribution in [-0.2, 0) is 6.42 Å². The third-order valence-electron chi connectivity index (χ3n) is 3.47. The number of carbonyl (C=O) groups is 1. The normalized spacial score (nSPS) is 13.9. The van der Waals surface area contributed by atoms with Crippen molar-refractivity contribution in [2.75, 3.05) is 11.4 Å². The van der Waals surface area contributed by atoms with Crippen LogP contribution in [0.5, 0.6) is 11.5 Å². The highest BCUT2D eigenvalue weighted by molar-refractivity contribution is 6.09. The van der Waals surface area contributed by atoms with Crippen molar-refractivity contribution in [2.24, 2.45) is 0 Å². The molecule has 0 fully saturated rings. The number of para-hydroxylation sites is 1. The first-order valence-electron chi connectivity index (χ1n) is 6.44. The van der Waals surface area contributed by atoms with E-state index in [1.54, 1.807) is 12.1 Å². The number of hydrogen-bond donors (Lipinski definition) is 2. The van der Waals surface area contributed by atoms with E-state index in [2.05, 4.69) is 4.98 Å². The molecule has 0 radical (unpaired) electrons. The highest BCUT2D eigenvalue weighted by Gasteiger charge is 2.27. The lowest BCUT2D eigenvalue weighted by molar-refractivity contribution is 0.0981. The Balaban J connectivity index is 2.05. The number of phenolic OH excluding ortho intramolecular Hbond substituents is 1. The van der Waals surface area contributed by atoms with Crippen LogP contribution in [0.3, 0.4) is 0 Å². The summed E-state index contributed by atoms with van der Waals surface area (Å²) in [5, 5.41) is 19.8. The quantitative estimate of drug-likeness (QED) is 0.832. The minimum absolute atomic E-state index is 0.0871. The molecule has 0 spiro atoms. The van der Waals surface area contributed by atoms with E-state index in [1.165, 1.54) is 23.4 Å². The number of rotatable bonds is 1. The molecule has 0 atom stereocenters. The molecule has 0 aliphatic carbocycles. The zero-order chi connectivity index (χ0) is 14.1. The molecule has 102 valence electrons. The summed E-state index contributed by atoms with van der Waals surface area (Å²) < 4.78 is 0. The lowest BCUT2D eigenvalue weighted by atomic mass is 10.00. The molecule has 5 heteroatoms. The molecule has 0 saturated carbocycles. The van der Waals surface area contributed by atoms with Crippen molar-refractivity contribution >= 4 is 11.6 Å². The number of hydrogen-bond acceptors (Lipinski definition) is 4. The van der Waals surface area contributed by atoms with Crippen molar-refractivity contribution < 1.29 is 15.0 Å². The van der Waals surface area contributed by atoms with Gasteiger partial charge in [0.15, 0.2) is 0 Å². The largest absolute Gasteiger partial charge is 0.506 e. The SMILES string of the molecule is O=C(c1ccncc1O)N1CCCc2cccc(O)c21. The fourth-order valence-corrected chi connectivity index (χ4v) is 2.55. The Morgan fingerprint density at radius 3 is 2.85 bits per heavy atom. The number of anilines is 1. The maximum Gasteiger partial charge on any atom is 0.262 e. The number of nitrogens with zero attached hydrogens (tertiary/aromatic N) is 2. The van der Waals surface area contributed by atoms with Gasteiger partial charge in [0.1, 0.15) is 11.5 Å². The second kappa shape index (κ2) is 4.85. The molecular weight excluding hydrogens is 256 g/mol. The van der Waals surface area contributed by atoms with E-state index in [4.69, 9.17) is 0 Å². The number of pyridine rings is 1. The van der Waals surface area contributed by atoms with Crippen LogP contribution in [0.2, 0.25) is 0 Å². The molecule has 0 saturated heterocycles. The van der Waals surface area contributed by atoms with Crippen molar-refractivity contribution in [1.82, 2.24) is 4.98 Å². The fourth-order valence-electron chi connectivity index (χ4n) is 2.55. The van der Waals surface area contributed by atoms with Crippen LogP contribution in [-0.4, -0.2) is 27.6 Å². The van der Waals surface area contributed by atoms with Crippen LogP contribution in [0.1, 0.15) is 22.3 Å². The average molecular weight is 270 g/mol. The molecule has 1 aromatic carbocycles. The summed E-state index contributed by atoms with van der Waals surface area (Å²) in [6, 6.07) is 6.72. The molecule has 2 aromatic rings. The Kier molecular flexibility index (Phi) is 3.02. The van der Waals surface area contributed by atoms with Crippen molar-refractivity contribution in [3.8, 4) is 11.5 Å². The van der Waals surface area contributed by atoms with Crippen LogP contribution in [0, 0.1) is 0 Å². The average Bonchev–Trinajstić information content (AvgIpc) is 2.47. The first-order chi connectivity index (χ1) is 9.68. The Morgan fingerprint density at radius 1 is 1.20 bits per heavy atom. The molecule has 3 rings (SSSR count). The number of carbonyl (C=O) groups excluding carboxylic acids is 1. The molecule has 1 amide bonds. The van der Waals surface area contributed by atoms with Gasteiger partial charge in [0.25, 0.3) is 5.91 Å². The van der Waals surface area contributed by atoms with Gasteiger partial charge in [-0.15, -0.1) is 0 Å². The van der Waals surface area contributed by atoms with Gasteiger partial charge in [-0.25, -0.2) is 0 Å². The van der Waals surface area contributed by atoms with Gasteiger partial charge in [-0.05, 0) is 30.5 Å². The van der Waals surface area contributed by atoms with Gasteiger partial charge >= 0.3 is 0 Å². The Bertz CT molecular complexity index is 670. The van der Waals surface area contributed by atoms with E-state index >= 15 is 0 Å². The minimum atomic E-state index is -0.327. The number of aryl methyl sites for hydroxylation is 1. The predicted octanol–water partition coefficient (Wildman–Crippen LogP) is 2.09. The Morgan fingerprint density at radius 2 is 2.05 bits per heavy atom. The highest BCUT2D eigenvalue weighted by atomic mass is 16.3. The number of fused-ring (bicyclic) bond motifs is 1. The van der Waals surface area contributed by atoms with Crippen LogP contribution in [0.15, 0.2) is 36.7 Å². The number of aromatic hydroxyl groups is 2. The summed E-state index contributed by atoms with van der Waals surface area (Å²) in [5.74, 6) is -0.392. The lowest BCUT2D eigenvalue weighted by Crippen LogP contribution is -2.35. The monoisotopic (exact) mass is 270 g/mol. The first kappa shape index (κ1) is 12.5. The molecule has 20 heavy (non-hydrogen) atoms. The van der Waals surface area contributed by atoms with E-state index in [-0.39, 0.29) is 23.0 Å². The number of benzene rings is 1. The van der Waals surface area contributed by atoms with Gasteiger partial charge in [-0.3, -0.25) is 9.78 Å². The highest BCUT2D eigenvalue weighted by Crippen LogP contribution is 2.36. The van der Waals surface area contributed by atoms with Gasteiger partial charge in [-0.2, -0.15) is 0 Å². The van der Waals surface area contributed by atoms with E-state index in [1.807, 2.05) is 6.07 Å². The van der Waals surface area contributed by atoms with Crippen LogP contribution < -0.4 is 4.90 Å². The van der Waals surface area contributed by atoms with Gasteiger partial charge < -0.3 is 15.1 Å². The lowest BCUT2D eigenvalue weighted by Gasteiger charge is -2.30. The van der Waals surface area contributed by atoms with Gasteiger partial charge in [0, 0.05) is 12.7 Å². The molecule has 1 aliphatic heterocycles. The van der Waals surface area contributed by atoms with Gasteiger partial charge in [0.05, 0.1) is 17.4 Å². The molecule has 2 heterocycles. The zero-order valence-electron chi connectivity index (χ0n) is 10.8. The Hall–Kier alpha value is -2.56. The summed E-state index contributed by atoms with van der Waals surface area (Å²) in [6.07, 6.45) is 4.36. The van der Waals surface area contributed by atoms with Crippen LogP contribution in [0.4, 0.5) is 5.69 Å². The fraction of sp³-hybridized carbons (Fsp3) is 0.200. The second-order valence-corrected chi connectivity index (χ2v) is 4.74. The summed E-state index contributed by atoms with van der Waals surface area (Å²) in [7, 11) is 0. The molecule has 1 aliphatic rings. The van der Waals surface area contributed by atoms with Gasteiger partial charge in [0.2, 0.25) is 0 Å². The van der Waals surface area contributed by atoms with Crippen LogP contribution in [0.25, 0.3) is 0 Å².